The van der Waals surface area contributed by atoms with Crippen LogP contribution >= 0.6 is 11.8 Å². The van der Waals surface area contributed by atoms with Gasteiger partial charge in [0.05, 0.1) is 11.4 Å². The van der Waals surface area contributed by atoms with Gasteiger partial charge in [-0.3, -0.25) is 19.1 Å². The van der Waals surface area contributed by atoms with Crippen LogP contribution in [0.15, 0.2) is 14.7 Å². The zero-order valence-corrected chi connectivity index (χ0v) is 17.0. The number of anilines is 1. The highest BCUT2D eigenvalue weighted by Crippen LogP contribution is 2.36. The minimum absolute atomic E-state index is 0.0184. The summed E-state index contributed by atoms with van der Waals surface area (Å²) in [5.41, 5.74) is 6.76. The Hall–Kier alpha value is -2.29. The number of hydrogen-bond donors (Lipinski definition) is 2. The SMILES string of the molecule is Cc1nc(SCC(=O)c2c(N)n(C3CC3)c(=O)[nH]c2=O)n(C2CCCC2)c1C. The Bertz CT molecular complexity index is 1040. The zero-order chi connectivity index (χ0) is 20.0. The lowest BCUT2D eigenvalue weighted by molar-refractivity contribution is 0.102. The molecule has 2 aromatic heterocycles. The van der Waals surface area contributed by atoms with Gasteiger partial charge >= 0.3 is 5.69 Å². The van der Waals surface area contributed by atoms with E-state index in [1.165, 1.54) is 29.2 Å². The van der Waals surface area contributed by atoms with Crippen molar-refractivity contribution in [1.29, 1.82) is 0 Å². The van der Waals surface area contributed by atoms with Gasteiger partial charge in [-0.05, 0) is 39.5 Å². The van der Waals surface area contributed by atoms with Crippen molar-refractivity contribution in [3.63, 3.8) is 0 Å². The molecule has 2 aromatic rings. The molecule has 0 radical (unpaired) electrons. The Morgan fingerprint density at radius 2 is 1.79 bits per heavy atom. The van der Waals surface area contributed by atoms with Crippen LogP contribution in [0.25, 0.3) is 0 Å². The second kappa shape index (κ2) is 7.27. The Kier molecular flexibility index (Phi) is 4.95. The molecule has 150 valence electrons. The molecular formula is C19H25N5O3S. The minimum Gasteiger partial charge on any atom is -0.384 e. The van der Waals surface area contributed by atoms with Gasteiger partial charge in [0.2, 0.25) is 0 Å². The van der Waals surface area contributed by atoms with Crippen LogP contribution in [0, 0.1) is 13.8 Å². The Morgan fingerprint density at radius 1 is 1.14 bits per heavy atom. The largest absolute Gasteiger partial charge is 0.384 e. The number of aromatic amines is 1. The molecular weight excluding hydrogens is 378 g/mol. The molecule has 0 unspecified atom stereocenters. The third-order valence-corrected chi connectivity index (χ3v) is 6.70. The summed E-state index contributed by atoms with van der Waals surface area (Å²) in [6.07, 6.45) is 6.32. The lowest BCUT2D eigenvalue weighted by Crippen LogP contribution is -2.36. The average Bonchev–Trinajstić information content (AvgIpc) is 3.23. The van der Waals surface area contributed by atoms with Crippen molar-refractivity contribution in [2.45, 2.75) is 69.6 Å². The number of imidazole rings is 1. The predicted molar refractivity (Wildman–Crippen MR) is 108 cm³/mol. The molecule has 0 aromatic carbocycles. The molecule has 2 saturated carbocycles. The lowest BCUT2D eigenvalue weighted by atomic mass is 10.2. The van der Waals surface area contributed by atoms with E-state index >= 15 is 0 Å². The van der Waals surface area contributed by atoms with E-state index in [1.54, 1.807) is 0 Å². The van der Waals surface area contributed by atoms with Crippen molar-refractivity contribution < 1.29 is 4.79 Å². The third kappa shape index (κ3) is 3.32. The first-order chi connectivity index (χ1) is 13.4. The number of ketones is 1. The van der Waals surface area contributed by atoms with Gasteiger partial charge in [-0.15, -0.1) is 0 Å². The van der Waals surface area contributed by atoms with Gasteiger partial charge in [0.25, 0.3) is 5.56 Å². The van der Waals surface area contributed by atoms with E-state index in [4.69, 9.17) is 5.73 Å². The number of H-pyrrole nitrogens is 1. The van der Waals surface area contributed by atoms with Crippen molar-refractivity contribution in [3.8, 4) is 0 Å². The molecule has 0 aliphatic heterocycles. The van der Waals surface area contributed by atoms with Crippen molar-refractivity contribution in [2.24, 2.45) is 0 Å². The number of nitrogens with two attached hydrogens (primary N) is 1. The fraction of sp³-hybridized carbons (Fsp3) is 0.579. The Balaban J connectivity index is 1.59. The van der Waals surface area contributed by atoms with Crippen LogP contribution in [0.5, 0.6) is 0 Å². The van der Waals surface area contributed by atoms with Crippen LogP contribution in [-0.4, -0.2) is 30.6 Å². The van der Waals surface area contributed by atoms with Gasteiger partial charge in [0.15, 0.2) is 10.9 Å². The van der Waals surface area contributed by atoms with Crippen molar-refractivity contribution in [2.75, 3.05) is 11.5 Å². The average molecular weight is 404 g/mol. The fourth-order valence-electron chi connectivity index (χ4n) is 4.02. The first kappa shape index (κ1) is 19.0. The highest BCUT2D eigenvalue weighted by molar-refractivity contribution is 7.99. The number of carbonyl (C=O) groups is 1. The number of nitrogen functional groups attached to an aromatic ring is 1. The standard InChI is InChI=1S/C19H25N5O3S/c1-10-11(2)23(12-5-3-4-6-12)19(21-10)28-9-14(25)15-16(20)24(13-7-8-13)18(27)22-17(15)26/h12-13H,3-9,20H2,1-2H3,(H,22,26,27). The molecule has 0 amide bonds. The lowest BCUT2D eigenvalue weighted by Gasteiger charge is -2.17. The van der Waals surface area contributed by atoms with Gasteiger partial charge in [0, 0.05) is 17.8 Å². The zero-order valence-electron chi connectivity index (χ0n) is 16.2. The maximum atomic E-state index is 12.8. The van der Waals surface area contributed by atoms with E-state index in [1.807, 2.05) is 6.92 Å². The van der Waals surface area contributed by atoms with E-state index in [0.717, 1.165) is 42.2 Å². The summed E-state index contributed by atoms with van der Waals surface area (Å²) in [4.78, 5) is 44.0. The molecule has 4 rings (SSSR count). The van der Waals surface area contributed by atoms with Gasteiger partial charge in [-0.1, -0.05) is 24.6 Å². The number of aromatic nitrogens is 4. The molecule has 0 atom stereocenters. The second-order valence-corrected chi connectivity index (χ2v) is 8.65. The molecule has 0 saturated heterocycles. The number of carbonyl (C=O) groups excluding carboxylic acids is 1. The smallest absolute Gasteiger partial charge is 0.330 e. The summed E-state index contributed by atoms with van der Waals surface area (Å²) < 4.78 is 3.58. The monoisotopic (exact) mass is 403 g/mol. The number of Topliss-reactive ketones (excluding diaryl/α,β-unsaturated/α-hetero) is 1. The Morgan fingerprint density at radius 3 is 2.43 bits per heavy atom. The normalized spacial score (nSPS) is 17.4. The molecule has 0 spiro atoms. The summed E-state index contributed by atoms with van der Waals surface area (Å²) in [6.45, 7) is 4.03. The number of nitrogens with zero attached hydrogens (tertiary/aromatic N) is 3. The first-order valence-corrected chi connectivity index (χ1v) is 10.7. The number of rotatable bonds is 6. The van der Waals surface area contributed by atoms with Crippen LogP contribution in [0.1, 0.15) is 72.4 Å². The van der Waals surface area contributed by atoms with Crippen LogP contribution in [0.3, 0.4) is 0 Å². The van der Waals surface area contributed by atoms with Gasteiger partial charge < -0.3 is 10.3 Å². The molecule has 3 N–H and O–H groups in total. The molecule has 9 heteroatoms. The van der Waals surface area contributed by atoms with E-state index in [9.17, 15) is 14.4 Å². The van der Waals surface area contributed by atoms with E-state index in [0.29, 0.717) is 6.04 Å². The van der Waals surface area contributed by atoms with Crippen LogP contribution in [-0.2, 0) is 0 Å². The summed E-state index contributed by atoms with van der Waals surface area (Å²) in [7, 11) is 0. The quantitative estimate of drug-likeness (QED) is 0.565. The van der Waals surface area contributed by atoms with Crippen LogP contribution in [0.4, 0.5) is 5.82 Å². The molecule has 0 bridgehead atoms. The maximum Gasteiger partial charge on any atom is 0.330 e. The van der Waals surface area contributed by atoms with Crippen molar-refractivity contribution in [3.05, 3.63) is 37.8 Å². The van der Waals surface area contributed by atoms with Crippen molar-refractivity contribution >= 4 is 23.4 Å². The number of hydrogen-bond acceptors (Lipinski definition) is 6. The topological polar surface area (TPSA) is 116 Å². The third-order valence-electron chi connectivity index (χ3n) is 5.75. The minimum atomic E-state index is -0.712. The summed E-state index contributed by atoms with van der Waals surface area (Å²) >= 11 is 1.33. The molecule has 2 heterocycles. The predicted octanol–water partition coefficient (Wildman–Crippen LogP) is 2.36. The molecule has 2 aliphatic rings. The second-order valence-electron chi connectivity index (χ2n) is 7.71. The molecule has 28 heavy (non-hydrogen) atoms. The van der Waals surface area contributed by atoms with E-state index < -0.39 is 11.2 Å². The summed E-state index contributed by atoms with van der Waals surface area (Å²) in [5, 5.41) is 0.806. The number of aryl methyl sites for hydroxylation is 1. The van der Waals surface area contributed by atoms with Gasteiger partial charge in [-0.25, -0.2) is 9.78 Å². The van der Waals surface area contributed by atoms with Gasteiger partial charge in [-0.2, -0.15) is 0 Å². The number of nitrogens with one attached hydrogen (secondary N) is 1. The highest BCUT2D eigenvalue weighted by Gasteiger charge is 2.30. The van der Waals surface area contributed by atoms with E-state index in [2.05, 4.69) is 21.5 Å². The van der Waals surface area contributed by atoms with Crippen molar-refractivity contribution in [1.82, 2.24) is 19.1 Å². The Labute approximate surface area is 166 Å². The summed E-state index contributed by atoms with van der Waals surface area (Å²) in [6, 6.07) is 0.402. The number of thioether (sulfide) groups is 1. The fourth-order valence-corrected chi connectivity index (χ4v) is 5.05. The van der Waals surface area contributed by atoms with Gasteiger partial charge in [0.1, 0.15) is 11.4 Å². The first-order valence-electron chi connectivity index (χ1n) is 9.74. The molecule has 2 fully saturated rings. The van der Waals surface area contributed by atoms with Crippen LogP contribution < -0.4 is 17.0 Å². The molecule has 2 aliphatic carbocycles. The summed E-state index contributed by atoms with van der Waals surface area (Å²) in [5.74, 6) is -0.346. The van der Waals surface area contributed by atoms with E-state index in [-0.39, 0.29) is 29.0 Å². The highest BCUT2D eigenvalue weighted by atomic mass is 32.2. The maximum absolute atomic E-state index is 12.8. The van der Waals surface area contributed by atoms with Crippen LogP contribution in [0.2, 0.25) is 0 Å². The molecule has 8 nitrogen and oxygen atoms in total.